The molecule has 1 saturated carbocycles. The van der Waals surface area contributed by atoms with Gasteiger partial charge in [0.2, 0.25) is 5.91 Å². The predicted octanol–water partition coefficient (Wildman–Crippen LogP) is 3.32. The van der Waals surface area contributed by atoms with E-state index in [2.05, 4.69) is 12.2 Å². The Morgan fingerprint density at radius 2 is 1.90 bits per heavy atom. The Labute approximate surface area is 127 Å². The fourth-order valence-electron chi connectivity index (χ4n) is 2.87. The number of nitrogens with two attached hydrogens (primary N) is 1. The SMILES string of the molecule is CCC1CCC(Nc2ccc(OCCC(N)=O)cc2)CC1. The molecule has 0 bridgehead atoms. The quantitative estimate of drug-likeness (QED) is 0.809. The third kappa shape index (κ3) is 5.29. The summed E-state index contributed by atoms with van der Waals surface area (Å²) < 4.78 is 5.46. The molecule has 0 aromatic heterocycles. The van der Waals surface area contributed by atoms with Gasteiger partial charge >= 0.3 is 0 Å². The van der Waals surface area contributed by atoms with Crippen LogP contribution in [0.25, 0.3) is 0 Å². The molecule has 0 spiro atoms. The molecule has 1 aromatic carbocycles. The smallest absolute Gasteiger partial charge is 0.220 e. The predicted molar refractivity (Wildman–Crippen MR) is 85.4 cm³/mol. The van der Waals surface area contributed by atoms with Crippen molar-refractivity contribution in [1.82, 2.24) is 0 Å². The number of amides is 1. The molecule has 0 saturated heterocycles. The van der Waals surface area contributed by atoms with Gasteiger partial charge in [0.25, 0.3) is 0 Å². The molecule has 0 heterocycles. The average molecular weight is 290 g/mol. The van der Waals surface area contributed by atoms with Crippen LogP contribution in [0, 0.1) is 5.92 Å². The molecule has 4 heteroatoms. The summed E-state index contributed by atoms with van der Waals surface area (Å²) in [6, 6.07) is 8.52. The van der Waals surface area contributed by atoms with Crippen LogP contribution in [0.2, 0.25) is 0 Å². The van der Waals surface area contributed by atoms with Crippen molar-refractivity contribution >= 4 is 11.6 Å². The van der Waals surface area contributed by atoms with Gasteiger partial charge in [-0.05, 0) is 55.9 Å². The van der Waals surface area contributed by atoms with Gasteiger partial charge in [0, 0.05) is 11.7 Å². The number of carbonyl (C=O) groups excluding carboxylic acids is 1. The Morgan fingerprint density at radius 1 is 1.24 bits per heavy atom. The standard InChI is InChI=1S/C17H26N2O2/c1-2-13-3-5-14(6-4-13)19-15-7-9-16(10-8-15)21-12-11-17(18)20/h7-10,13-14,19H,2-6,11-12H2,1H3,(H2,18,20). The molecule has 21 heavy (non-hydrogen) atoms. The maximum absolute atomic E-state index is 10.6. The summed E-state index contributed by atoms with van der Waals surface area (Å²) >= 11 is 0. The van der Waals surface area contributed by atoms with Crippen molar-refractivity contribution in [3.05, 3.63) is 24.3 Å². The number of primary amides is 1. The number of ether oxygens (including phenoxy) is 1. The maximum Gasteiger partial charge on any atom is 0.220 e. The van der Waals surface area contributed by atoms with E-state index in [1.54, 1.807) is 0 Å². The van der Waals surface area contributed by atoms with E-state index >= 15 is 0 Å². The first kappa shape index (κ1) is 15.7. The van der Waals surface area contributed by atoms with Gasteiger partial charge in [0.15, 0.2) is 0 Å². The maximum atomic E-state index is 10.6. The van der Waals surface area contributed by atoms with E-state index in [4.69, 9.17) is 10.5 Å². The second kappa shape index (κ2) is 7.91. The highest BCUT2D eigenvalue weighted by Gasteiger charge is 2.19. The first-order chi connectivity index (χ1) is 10.2. The molecule has 1 aromatic rings. The largest absolute Gasteiger partial charge is 0.493 e. The zero-order chi connectivity index (χ0) is 15.1. The van der Waals surface area contributed by atoms with Crippen molar-refractivity contribution in [2.45, 2.75) is 51.5 Å². The normalized spacial score (nSPS) is 21.8. The zero-order valence-corrected chi connectivity index (χ0v) is 12.8. The summed E-state index contributed by atoms with van der Waals surface area (Å²) in [5.41, 5.74) is 6.21. The highest BCUT2D eigenvalue weighted by molar-refractivity contribution is 5.73. The Morgan fingerprint density at radius 3 is 2.48 bits per heavy atom. The highest BCUT2D eigenvalue weighted by atomic mass is 16.5. The Bertz CT molecular complexity index is 437. The van der Waals surface area contributed by atoms with Crippen molar-refractivity contribution in [2.75, 3.05) is 11.9 Å². The number of benzene rings is 1. The lowest BCUT2D eigenvalue weighted by Crippen LogP contribution is -2.25. The molecular weight excluding hydrogens is 264 g/mol. The van der Waals surface area contributed by atoms with Gasteiger partial charge in [-0.15, -0.1) is 0 Å². The number of carbonyl (C=O) groups is 1. The topological polar surface area (TPSA) is 64.3 Å². The summed E-state index contributed by atoms with van der Waals surface area (Å²) in [6.07, 6.45) is 6.75. The molecule has 0 atom stereocenters. The van der Waals surface area contributed by atoms with Crippen molar-refractivity contribution in [1.29, 1.82) is 0 Å². The third-order valence-corrected chi connectivity index (χ3v) is 4.27. The van der Waals surface area contributed by atoms with Gasteiger partial charge in [-0.25, -0.2) is 0 Å². The molecule has 3 N–H and O–H groups in total. The molecule has 0 unspecified atom stereocenters. The molecule has 1 aliphatic rings. The summed E-state index contributed by atoms with van der Waals surface area (Å²) in [6.45, 7) is 2.62. The monoisotopic (exact) mass is 290 g/mol. The van der Waals surface area contributed by atoms with Crippen LogP contribution in [0.1, 0.15) is 45.4 Å². The molecule has 1 aliphatic carbocycles. The van der Waals surface area contributed by atoms with E-state index in [-0.39, 0.29) is 12.3 Å². The molecule has 1 fully saturated rings. The summed E-state index contributed by atoms with van der Waals surface area (Å²) in [4.78, 5) is 10.6. The summed E-state index contributed by atoms with van der Waals surface area (Å²) in [5, 5.41) is 3.60. The van der Waals surface area contributed by atoms with E-state index in [9.17, 15) is 4.79 Å². The zero-order valence-electron chi connectivity index (χ0n) is 12.8. The van der Waals surface area contributed by atoms with Crippen molar-refractivity contribution in [3.8, 4) is 5.75 Å². The van der Waals surface area contributed by atoms with E-state index in [0.29, 0.717) is 12.6 Å². The second-order valence-corrected chi connectivity index (χ2v) is 5.86. The number of nitrogens with one attached hydrogen (secondary N) is 1. The molecular formula is C17H26N2O2. The molecule has 0 aliphatic heterocycles. The Kier molecular flexibility index (Phi) is 5.90. The van der Waals surface area contributed by atoms with Crippen LogP contribution in [-0.4, -0.2) is 18.6 Å². The van der Waals surface area contributed by atoms with Gasteiger partial charge in [0.1, 0.15) is 5.75 Å². The minimum atomic E-state index is -0.337. The van der Waals surface area contributed by atoms with Crippen LogP contribution in [0.15, 0.2) is 24.3 Å². The van der Waals surface area contributed by atoms with Gasteiger partial charge in [-0.2, -0.15) is 0 Å². The lowest BCUT2D eigenvalue weighted by molar-refractivity contribution is -0.118. The van der Waals surface area contributed by atoms with E-state index in [1.165, 1.54) is 32.1 Å². The van der Waals surface area contributed by atoms with Crippen molar-refractivity contribution in [2.24, 2.45) is 11.7 Å². The summed E-state index contributed by atoms with van der Waals surface area (Å²) in [5.74, 6) is 1.36. The number of hydrogen-bond donors (Lipinski definition) is 2. The third-order valence-electron chi connectivity index (χ3n) is 4.27. The van der Waals surface area contributed by atoms with E-state index < -0.39 is 0 Å². The van der Waals surface area contributed by atoms with Crippen molar-refractivity contribution in [3.63, 3.8) is 0 Å². The Balaban J connectivity index is 1.76. The first-order valence-electron chi connectivity index (χ1n) is 7.95. The molecule has 2 rings (SSSR count). The lowest BCUT2D eigenvalue weighted by Gasteiger charge is -2.29. The first-order valence-corrected chi connectivity index (χ1v) is 7.95. The molecule has 4 nitrogen and oxygen atoms in total. The molecule has 116 valence electrons. The van der Waals surface area contributed by atoms with E-state index in [0.717, 1.165) is 17.4 Å². The summed E-state index contributed by atoms with van der Waals surface area (Å²) in [7, 11) is 0. The van der Waals surface area contributed by atoms with Crippen LogP contribution in [0.5, 0.6) is 5.75 Å². The minimum absolute atomic E-state index is 0.251. The van der Waals surface area contributed by atoms with Crippen LogP contribution >= 0.6 is 0 Å². The Hall–Kier alpha value is -1.71. The van der Waals surface area contributed by atoms with Crippen LogP contribution in [0.4, 0.5) is 5.69 Å². The molecule has 0 radical (unpaired) electrons. The number of anilines is 1. The lowest BCUT2D eigenvalue weighted by atomic mass is 9.84. The van der Waals surface area contributed by atoms with Crippen LogP contribution < -0.4 is 15.8 Å². The fourth-order valence-corrected chi connectivity index (χ4v) is 2.87. The van der Waals surface area contributed by atoms with Gasteiger partial charge in [-0.1, -0.05) is 13.3 Å². The highest BCUT2D eigenvalue weighted by Crippen LogP contribution is 2.28. The molecule has 1 amide bonds. The number of rotatable bonds is 7. The number of hydrogen-bond acceptors (Lipinski definition) is 3. The van der Waals surface area contributed by atoms with Gasteiger partial charge < -0.3 is 15.8 Å². The van der Waals surface area contributed by atoms with Gasteiger partial charge in [-0.3, -0.25) is 4.79 Å². The average Bonchev–Trinajstić information content (AvgIpc) is 2.49. The van der Waals surface area contributed by atoms with Crippen LogP contribution in [0.3, 0.4) is 0 Å². The van der Waals surface area contributed by atoms with Crippen molar-refractivity contribution < 1.29 is 9.53 Å². The van der Waals surface area contributed by atoms with E-state index in [1.807, 2.05) is 24.3 Å². The van der Waals surface area contributed by atoms with Gasteiger partial charge in [0.05, 0.1) is 13.0 Å². The van der Waals surface area contributed by atoms with Crippen LogP contribution in [-0.2, 0) is 4.79 Å². The second-order valence-electron chi connectivity index (χ2n) is 5.86. The fraction of sp³-hybridized carbons (Fsp3) is 0.588. The minimum Gasteiger partial charge on any atom is -0.493 e.